The van der Waals surface area contributed by atoms with Crippen molar-refractivity contribution in [3.63, 3.8) is 0 Å². The first-order chi connectivity index (χ1) is 12.2. The number of carbonyl (C=O) groups is 2. The third kappa shape index (κ3) is 4.17. The number of benzene rings is 1. The molecule has 2 rings (SSSR count). The molecule has 1 aromatic carbocycles. The quantitative estimate of drug-likeness (QED) is 0.824. The maximum absolute atomic E-state index is 13.5. The highest BCUT2D eigenvalue weighted by Gasteiger charge is 2.20. The number of halogens is 1. The Kier molecular flexibility index (Phi) is 5.92. The smallest absolute Gasteiger partial charge is 0.349 e. The van der Waals surface area contributed by atoms with Gasteiger partial charge in [-0.05, 0) is 43.2 Å². The van der Waals surface area contributed by atoms with E-state index >= 15 is 0 Å². The molecule has 1 atom stereocenters. The molecule has 0 aliphatic carbocycles. The van der Waals surface area contributed by atoms with Gasteiger partial charge in [0, 0.05) is 11.6 Å². The summed E-state index contributed by atoms with van der Waals surface area (Å²) in [7, 11) is 0. The Bertz CT molecular complexity index is 905. The van der Waals surface area contributed by atoms with Gasteiger partial charge in [0.15, 0.2) is 0 Å². The number of hydrogen-bond donors (Lipinski definition) is 2. The minimum atomic E-state index is -0.955. The van der Waals surface area contributed by atoms with Crippen molar-refractivity contribution < 1.29 is 18.4 Å². The Balaban J connectivity index is 2.32. The fourth-order valence-electron chi connectivity index (χ4n) is 2.71. The second-order valence-electron chi connectivity index (χ2n) is 6.20. The zero-order chi connectivity index (χ0) is 19.4. The molecule has 7 heteroatoms. The van der Waals surface area contributed by atoms with Crippen LogP contribution < -0.4 is 16.7 Å². The van der Waals surface area contributed by atoms with Crippen molar-refractivity contribution in [2.75, 3.05) is 5.32 Å². The van der Waals surface area contributed by atoms with Gasteiger partial charge in [-0.2, -0.15) is 0 Å². The number of rotatable bonds is 6. The summed E-state index contributed by atoms with van der Waals surface area (Å²) < 4.78 is 18.8. The van der Waals surface area contributed by atoms with Gasteiger partial charge in [-0.15, -0.1) is 0 Å². The first-order valence-corrected chi connectivity index (χ1v) is 8.30. The number of amides is 2. The molecule has 1 unspecified atom stereocenters. The van der Waals surface area contributed by atoms with Crippen LogP contribution in [0.2, 0.25) is 0 Å². The van der Waals surface area contributed by atoms with E-state index in [0.29, 0.717) is 11.3 Å². The van der Waals surface area contributed by atoms with Crippen molar-refractivity contribution in [2.45, 2.75) is 39.5 Å². The molecule has 1 heterocycles. The van der Waals surface area contributed by atoms with Crippen LogP contribution in [0, 0.1) is 12.7 Å². The molecule has 2 aromatic rings. The lowest BCUT2D eigenvalue weighted by Gasteiger charge is -2.12. The normalized spacial score (nSPS) is 11.8. The first-order valence-electron chi connectivity index (χ1n) is 8.30. The largest absolute Gasteiger partial charge is 0.427 e. The van der Waals surface area contributed by atoms with Crippen molar-refractivity contribution in [3.05, 3.63) is 63.0 Å². The van der Waals surface area contributed by atoms with Crippen molar-refractivity contribution in [3.8, 4) is 0 Å². The van der Waals surface area contributed by atoms with Crippen LogP contribution in [-0.4, -0.2) is 11.8 Å². The third-order valence-corrected chi connectivity index (χ3v) is 4.09. The molecule has 26 heavy (non-hydrogen) atoms. The average Bonchev–Trinajstić information content (AvgIpc) is 2.55. The Morgan fingerprint density at radius 3 is 2.58 bits per heavy atom. The van der Waals surface area contributed by atoms with Crippen LogP contribution in [0.5, 0.6) is 0 Å². The van der Waals surface area contributed by atoms with Crippen molar-refractivity contribution in [2.24, 2.45) is 5.73 Å². The molecule has 0 spiro atoms. The van der Waals surface area contributed by atoms with Crippen molar-refractivity contribution in [1.29, 1.82) is 0 Å². The maximum atomic E-state index is 13.5. The predicted molar refractivity (Wildman–Crippen MR) is 95.9 cm³/mol. The Morgan fingerprint density at radius 1 is 1.31 bits per heavy atom. The molecule has 0 radical (unpaired) electrons. The van der Waals surface area contributed by atoms with E-state index in [4.69, 9.17) is 10.2 Å². The summed E-state index contributed by atoms with van der Waals surface area (Å²) in [5.74, 6) is -1.85. The van der Waals surface area contributed by atoms with Crippen LogP contribution in [0.3, 0.4) is 0 Å². The molecule has 0 aliphatic heterocycles. The van der Waals surface area contributed by atoms with Gasteiger partial charge in [-0.3, -0.25) is 9.59 Å². The van der Waals surface area contributed by atoms with E-state index in [1.807, 2.05) is 13.8 Å². The zero-order valence-electron chi connectivity index (χ0n) is 14.9. The molecule has 3 N–H and O–H groups in total. The van der Waals surface area contributed by atoms with Gasteiger partial charge in [-0.1, -0.05) is 20.3 Å². The fraction of sp³-hybridized carbons (Fsp3) is 0.316. The number of carbonyl (C=O) groups excluding carboxylic acids is 2. The summed E-state index contributed by atoms with van der Waals surface area (Å²) in [5.41, 5.74) is 4.49. The number of nitrogens with two attached hydrogens (primary N) is 1. The molecule has 138 valence electrons. The van der Waals surface area contributed by atoms with E-state index < -0.39 is 23.3 Å². The van der Waals surface area contributed by atoms with Crippen LogP contribution in [0.25, 0.3) is 0 Å². The molecule has 0 aliphatic rings. The summed E-state index contributed by atoms with van der Waals surface area (Å²) in [6, 6.07) is 5.08. The van der Waals surface area contributed by atoms with Crippen LogP contribution in [0.1, 0.15) is 64.6 Å². The Labute approximate surface area is 150 Å². The van der Waals surface area contributed by atoms with E-state index in [2.05, 4.69) is 5.32 Å². The van der Waals surface area contributed by atoms with Gasteiger partial charge in [-0.25, -0.2) is 9.18 Å². The van der Waals surface area contributed by atoms with Crippen LogP contribution in [0.4, 0.5) is 10.1 Å². The maximum Gasteiger partial charge on any atom is 0.349 e. The highest BCUT2D eigenvalue weighted by molar-refractivity contribution is 6.05. The molecule has 0 bridgehead atoms. The summed E-state index contributed by atoms with van der Waals surface area (Å²) in [6.07, 6.45) is 1.80. The highest BCUT2D eigenvalue weighted by atomic mass is 19.1. The lowest BCUT2D eigenvalue weighted by Crippen LogP contribution is -2.23. The third-order valence-electron chi connectivity index (χ3n) is 4.09. The summed E-state index contributed by atoms with van der Waals surface area (Å²) in [4.78, 5) is 35.9. The zero-order valence-corrected chi connectivity index (χ0v) is 14.9. The van der Waals surface area contributed by atoms with Gasteiger partial charge in [0.25, 0.3) is 11.8 Å². The van der Waals surface area contributed by atoms with E-state index in [-0.39, 0.29) is 22.7 Å². The predicted octanol–water partition coefficient (Wildman–Crippen LogP) is 3.34. The molecule has 0 saturated heterocycles. The first kappa shape index (κ1) is 19.4. The molecular weight excluding hydrogens is 339 g/mol. The summed E-state index contributed by atoms with van der Waals surface area (Å²) in [5, 5.41) is 2.46. The fourth-order valence-corrected chi connectivity index (χ4v) is 2.71. The molecular formula is C19H21FN2O4. The summed E-state index contributed by atoms with van der Waals surface area (Å²) >= 11 is 0. The lowest BCUT2D eigenvalue weighted by molar-refractivity contribution is 0.0992. The number of primary amides is 1. The second-order valence-corrected chi connectivity index (χ2v) is 6.20. The van der Waals surface area contributed by atoms with Crippen LogP contribution >= 0.6 is 0 Å². The van der Waals surface area contributed by atoms with E-state index in [1.165, 1.54) is 6.07 Å². The molecule has 1 aromatic heterocycles. The average molecular weight is 360 g/mol. The van der Waals surface area contributed by atoms with Gasteiger partial charge in [0.1, 0.15) is 17.1 Å². The number of anilines is 1. The SMILES string of the molecule is CCCC(C)c1cc(C)c(C(=O)Nc2ccc(F)c(C(N)=O)c2)c(=O)o1. The van der Waals surface area contributed by atoms with Gasteiger partial charge in [0.05, 0.1) is 5.56 Å². The van der Waals surface area contributed by atoms with E-state index in [1.54, 1.807) is 13.0 Å². The second kappa shape index (κ2) is 7.95. The lowest BCUT2D eigenvalue weighted by atomic mass is 10.0. The standard InChI is InChI=1S/C19H21FN2O4/c1-4-5-10(2)15-8-11(3)16(19(25)26-15)18(24)22-12-6-7-14(20)13(9-12)17(21)23/h6-10H,4-5H2,1-3H3,(H2,21,23)(H,22,24). The number of hydrogen-bond acceptors (Lipinski definition) is 4. The molecule has 6 nitrogen and oxygen atoms in total. The number of aryl methyl sites for hydroxylation is 1. The van der Waals surface area contributed by atoms with Crippen molar-refractivity contribution >= 4 is 17.5 Å². The van der Waals surface area contributed by atoms with Gasteiger partial charge in [0.2, 0.25) is 0 Å². The van der Waals surface area contributed by atoms with Gasteiger partial charge < -0.3 is 15.5 Å². The monoisotopic (exact) mass is 360 g/mol. The van der Waals surface area contributed by atoms with Gasteiger partial charge >= 0.3 is 5.63 Å². The minimum absolute atomic E-state index is 0.0683. The highest BCUT2D eigenvalue weighted by Crippen LogP contribution is 2.22. The van der Waals surface area contributed by atoms with Crippen molar-refractivity contribution in [1.82, 2.24) is 0 Å². The van der Waals surface area contributed by atoms with Crippen LogP contribution in [-0.2, 0) is 0 Å². The van der Waals surface area contributed by atoms with E-state index in [9.17, 15) is 18.8 Å². The van der Waals surface area contributed by atoms with Crippen LogP contribution in [0.15, 0.2) is 33.5 Å². The number of nitrogens with one attached hydrogen (secondary N) is 1. The van der Waals surface area contributed by atoms with E-state index in [0.717, 1.165) is 25.0 Å². The Morgan fingerprint density at radius 2 is 2.00 bits per heavy atom. The Hall–Kier alpha value is -2.96. The minimum Gasteiger partial charge on any atom is -0.427 e. The summed E-state index contributed by atoms with van der Waals surface area (Å²) in [6.45, 7) is 5.63. The topological polar surface area (TPSA) is 102 Å². The molecule has 0 fully saturated rings. The molecule has 0 saturated carbocycles. The molecule has 2 amide bonds.